The first-order valence-electron chi connectivity index (χ1n) is 13.1. The maximum Gasteiger partial charge on any atom is 0.266 e. The first kappa shape index (κ1) is 30.1. The molecule has 2 unspecified atom stereocenters. The van der Waals surface area contributed by atoms with E-state index in [0.717, 1.165) is 12.1 Å². The number of aliphatic hydroxyl groups excluding tert-OH is 3. The van der Waals surface area contributed by atoms with Crippen molar-refractivity contribution in [2.24, 2.45) is 17.6 Å². The van der Waals surface area contributed by atoms with Crippen LogP contribution >= 0.6 is 12.2 Å². The number of benzene rings is 2. The van der Waals surface area contributed by atoms with E-state index in [4.69, 9.17) is 22.7 Å². The molecule has 0 aliphatic heterocycles. The molecular formula is C29H28FN3O9S. The Hall–Kier alpha value is -4.37. The number of hydrogen-bond acceptors (Lipinski definition) is 11. The Morgan fingerprint density at radius 1 is 1.12 bits per heavy atom. The highest BCUT2D eigenvalue weighted by molar-refractivity contribution is 7.80. The van der Waals surface area contributed by atoms with Gasteiger partial charge in [0.05, 0.1) is 29.3 Å². The molecule has 12 nitrogen and oxygen atoms in total. The number of nitrogens with zero attached hydrogens (tertiary/aromatic N) is 1. The van der Waals surface area contributed by atoms with Gasteiger partial charge >= 0.3 is 0 Å². The predicted octanol–water partition coefficient (Wildman–Crippen LogP) is 1.41. The van der Waals surface area contributed by atoms with Crippen molar-refractivity contribution in [1.82, 2.24) is 4.90 Å². The molecule has 43 heavy (non-hydrogen) atoms. The molecule has 226 valence electrons. The molecule has 0 aromatic heterocycles. The van der Waals surface area contributed by atoms with Crippen LogP contribution in [-0.4, -0.2) is 84.9 Å². The average molecular weight is 614 g/mol. The lowest BCUT2D eigenvalue weighted by Gasteiger charge is -2.53. The standard InChI is InChI=1S/C29H28FN3O9S/c1-10-13-8-9-14(32-28(43)42-12-6-4-11(30)5-7-12)21(34)16(13)22(35)17-15(10)23(36)19-20(33(2)3)24(37)18(27(31)40)26(39)29(19,41)25(17)38/h4-10,15,19-20,23,34-36,39,41H,1-3H3,(H2,31,40)(H,32,43)/t10-,15?,19?,20-,23-,29-/m0/s1. The number of Topliss-reactive ketones (excluding diaryl/α,β-unsaturated/α-hetero) is 2. The summed E-state index contributed by atoms with van der Waals surface area (Å²) in [5.74, 6) is -10.2. The van der Waals surface area contributed by atoms with E-state index >= 15 is 0 Å². The van der Waals surface area contributed by atoms with Crippen molar-refractivity contribution in [2.75, 3.05) is 19.4 Å². The van der Waals surface area contributed by atoms with Crippen molar-refractivity contribution in [3.63, 3.8) is 0 Å². The summed E-state index contributed by atoms with van der Waals surface area (Å²) in [5.41, 5.74) is 0.853. The summed E-state index contributed by atoms with van der Waals surface area (Å²) in [6.45, 7) is 1.62. The Morgan fingerprint density at radius 2 is 1.74 bits per heavy atom. The predicted molar refractivity (Wildman–Crippen MR) is 154 cm³/mol. The van der Waals surface area contributed by atoms with Crippen molar-refractivity contribution in [3.8, 4) is 11.5 Å². The van der Waals surface area contributed by atoms with E-state index in [1.165, 1.54) is 43.3 Å². The molecule has 14 heteroatoms. The molecule has 0 bridgehead atoms. The zero-order chi connectivity index (χ0) is 31.7. The number of hydrogen-bond donors (Lipinski definition) is 7. The smallest absolute Gasteiger partial charge is 0.266 e. The summed E-state index contributed by atoms with van der Waals surface area (Å²) in [4.78, 5) is 40.7. The van der Waals surface area contributed by atoms with Gasteiger partial charge in [0.2, 0.25) is 5.78 Å². The second-order valence-electron chi connectivity index (χ2n) is 10.9. The number of phenolic OH excluding ortho intramolecular Hbond substituents is 1. The van der Waals surface area contributed by atoms with Crippen LogP contribution in [0, 0.1) is 17.7 Å². The van der Waals surface area contributed by atoms with Crippen LogP contribution < -0.4 is 15.8 Å². The summed E-state index contributed by atoms with van der Waals surface area (Å²) in [6, 6.07) is 6.49. The first-order chi connectivity index (χ1) is 20.1. The van der Waals surface area contributed by atoms with Crippen LogP contribution in [0.1, 0.15) is 24.0 Å². The van der Waals surface area contributed by atoms with Gasteiger partial charge in [-0.15, -0.1) is 0 Å². The third-order valence-electron chi connectivity index (χ3n) is 8.39. The number of nitrogens with one attached hydrogen (secondary N) is 1. The number of phenols is 1. The number of rotatable bonds is 4. The number of carbonyl (C=O) groups excluding carboxylic acids is 3. The van der Waals surface area contributed by atoms with Gasteiger partial charge < -0.3 is 41.3 Å². The Bertz CT molecular complexity index is 1650. The summed E-state index contributed by atoms with van der Waals surface area (Å²) in [5, 5.41) is 59.4. The van der Waals surface area contributed by atoms with Crippen LogP contribution in [-0.2, 0) is 14.4 Å². The van der Waals surface area contributed by atoms with Gasteiger partial charge in [0.1, 0.15) is 34.4 Å². The largest absolute Gasteiger partial charge is 0.508 e. The number of amides is 1. The number of likely N-dealkylation sites (N-methyl/N-ethyl adjacent to an activating group) is 1. The number of carbonyl (C=O) groups is 3. The van der Waals surface area contributed by atoms with E-state index in [2.05, 4.69) is 5.32 Å². The zero-order valence-corrected chi connectivity index (χ0v) is 23.8. The lowest BCUT2D eigenvalue weighted by Crippen LogP contribution is -2.70. The molecule has 5 rings (SSSR count). The Labute approximate surface area is 249 Å². The third kappa shape index (κ3) is 4.36. The molecule has 2 aromatic rings. The molecule has 0 saturated heterocycles. The monoisotopic (exact) mass is 613 g/mol. The van der Waals surface area contributed by atoms with E-state index in [9.17, 15) is 44.3 Å². The van der Waals surface area contributed by atoms with E-state index in [-0.39, 0.29) is 22.2 Å². The Morgan fingerprint density at radius 3 is 2.33 bits per heavy atom. The molecule has 6 atom stereocenters. The number of primary amides is 1. The quantitative estimate of drug-likeness (QED) is 0.149. The lowest BCUT2D eigenvalue weighted by atomic mass is 9.54. The van der Waals surface area contributed by atoms with Gasteiger partial charge in [-0.2, -0.15) is 0 Å². The van der Waals surface area contributed by atoms with E-state index in [1.807, 2.05) is 0 Å². The van der Waals surface area contributed by atoms with Crippen molar-refractivity contribution in [1.29, 1.82) is 0 Å². The number of aliphatic hydroxyl groups is 4. The summed E-state index contributed by atoms with van der Waals surface area (Å²) < 4.78 is 18.6. The lowest BCUT2D eigenvalue weighted by molar-refractivity contribution is -0.169. The van der Waals surface area contributed by atoms with E-state index in [1.54, 1.807) is 6.92 Å². The normalized spacial score (nSPS) is 28.3. The van der Waals surface area contributed by atoms with Gasteiger partial charge in [-0.3, -0.25) is 19.3 Å². The number of aromatic hydroxyl groups is 1. The highest BCUT2D eigenvalue weighted by atomic mass is 32.1. The molecule has 0 radical (unpaired) electrons. The molecule has 3 aliphatic carbocycles. The fourth-order valence-corrected chi connectivity index (χ4v) is 6.67. The fourth-order valence-electron chi connectivity index (χ4n) is 6.46. The highest BCUT2D eigenvalue weighted by Crippen LogP contribution is 2.56. The number of thiocarbonyl (C=S) groups is 1. The van der Waals surface area contributed by atoms with Crippen LogP contribution in [0.5, 0.6) is 11.5 Å². The van der Waals surface area contributed by atoms with Gasteiger partial charge in [0.15, 0.2) is 11.4 Å². The molecule has 0 spiro atoms. The second kappa shape index (κ2) is 10.4. The van der Waals surface area contributed by atoms with Crippen LogP contribution in [0.4, 0.5) is 10.1 Å². The number of nitrogens with two attached hydrogens (primary N) is 1. The van der Waals surface area contributed by atoms with Gasteiger partial charge in [-0.25, -0.2) is 4.39 Å². The molecule has 2 aromatic carbocycles. The summed E-state index contributed by atoms with van der Waals surface area (Å²) in [7, 11) is 2.86. The van der Waals surface area contributed by atoms with Crippen LogP contribution in [0.25, 0.3) is 5.76 Å². The highest BCUT2D eigenvalue weighted by Gasteiger charge is 2.68. The van der Waals surface area contributed by atoms with Gasteiger partial charge in [0, 0.05) is 11.5 Å². The van der Waals surface area contributed by atoms with Crippen molar-refractivity contribution in [3.05, 3.63) is 70.2 Å². The van der Waals surface area contributed by atoms with E-state index in [0.29, 0.717) is 5.56 Å². The number of ketones is 2. The second-order valence-corrected chi connectivity index (χ2v) is 11.3. The van der Waals surface area contributed by atoms with E-state index < -0.39 is 87.2 Å². The first-order valence-corrected chi connectivity index (χ1v) is 13.5. The molecule has 1 saturated carbocycles. The van der Waals surface area contributed by atoms with Gasteiger partial charge in [-0.1, -0.05) is 13.0 Å². The minimum Gasteiger partial charge on any atom is -0.508 e. The van der Waals surface area contributed by atoms with Crippen LogP contribution in [0.3, 0.4) is 0 Å². The molecule has 3 aliphatic rings. The topological polar surface area (TPSA) is 203 Å². The maximum atomic E-state index is 14.1. The van der Waals surface area contributed by atoms with Crippen LogP contribution in [0.15, 0.2) is 53.3 Å². The Kier molecular flexibility index (Phi) is 7.29. The number of ether oxygens (including phenoxy) is 1. The molecular weight excluding hydrogens is 585 g/mol. The minimum absolute atomic E-state index is 0.0428. The molecule has 1 fully saturated rings. The maximum absolute atomic E-state index is 14.1. The fraction of sp³-hybridized carbons (Fsp3) is 0.310. The molecule has 0 heterocycles. The van der Waals surface area contributed by atoms with Crippen molar-refractivity contribution in [2.45, 2.75) is 30.6 Å². The van der Waals surface area contributed by atoms with Gasteiger partial charge in [0.25, 0.3) is 11.1 Å². The Balaban J connectivity index is 1.62. The number of anilines is 1. The molecule has 1 amide bonds. The SMILES string of the molecule is C[C@H]1c2ccc(NC(=S)Oc3ccc(F)cc3)c(O)c2C(O)=C2C(=O)[C@]3(O)C(O)=C(C(N)=O)C(=O)[C@@H](N(C)C)C3[C@@H](O)C21. The van der Waals surface area contributed by atoms with Crippen molar-refractivity contribution < 1.29 is 49.0 Å². The van der Waals surface area contributed by atoms with Crippen molar-refractivity contribution >= 4 is 46.3 Å². The summed E-state index contributed by atoms with van der Waals surface area (Å²) >= 11 is 5.17. The third-order valence-corrected chi connectivity index (χ3v) is 8.58. The average Bonchev–Trinajstić information content (AvgIpc) is 2.93. The van der Waals surface area contributed by atoms with Crippen LogP contribution in [0.2, 0.25) is 0 Å². The summed E-state index contributed by atoms with van der Waals surface area (Å²) in [6.07, 6.45) is -1.70. The number of fused-ring (bicyclic) bond motifs is 3. The molecule has 8 N–H and O–H groups in total. The van der Waals surface area contributed by atoms with Gasteiger partial charge in [-0.05, 0) is 68.1 Å². The number of halogens is 1. The minimum atomic E-state index is -3.01. The zero-order valence-electron chi connectivity index (χ0n) is 23.0.